The molecule has 1 saturated carbocycles. The molecule has 0 amide bonds. The number of rotatable bonds is 6. The Balaban J connectivity index is 1.85. The van der Waals surface area contributed by atoms with E-state index in [0.29, 0.717) is 5.38 Å². The van der Waals surface area contributed by atoms with Crippen LogP contribution >= 0.6 is 23.4 Å². The van der Waals surface area contributed by atoms with Crippen LogP contribution in [0.5, 0.6) is 0 Å². The van der Waals surface area contributed by atoms with E-state index < -0.39 is 0 Å². The third kappa shape index (κ3) is 4.72. The van der Waals surface area contributed by atoms with Crippen LogP contribution in [0.15, 0.2) is 30.3 Å². The molecule has 3 unspecified atom stereocenters. The first-order valence-corrected chi connectivity index (χ1v) is 9.17. The van der Waals surface area contributed by atoms with Gasteiger partial charge in [-0.05, 0) is 61.0 Å². The first-order valence-electron chi connectivity index (χ1n) is 7.58. The van der Waals surface area contributed by atoms with E-state index in [0.717, 1.165) is 11.8 Å². The normalized spacial score (nSPS) is 27.4. The van der Waals surface area contributed by atoms with E-state index in [1.807, 2.05) is 0 Å². The molecule has 2 heteroatoms. The van der Waals surface area contributed by atoms with Gasteiger partial charge in [0, 0.05) is 5.38 Å². The quantitative estimate of drug-likeness (QED) is 0.478. The highest BCUT2D eigenvalue weighted by atomic mass is 35.5. The van der Waals surface area contributed by atoms with Crippen LogP contribution in [0.25, 0.3) is 0 Å². The van der Waals surface area contributed by atoms with Crippen LogP contribution < -0.4 is 0 Å². The van der Waals surface area contributed by atoms with Gasteiger partial charge < -0.3 is 0 Å². The molecule has 0 heterocycles. The van der Waals surface area contributed by atoms with Gasteiger partial charge in [0.05, 0.1) is 0 Å². The maximum Gasteiger partial charge on any atom is 0.0364 e. The minimum atomic E-state index is 0.409. The van der Waals surface area contributed by atoms with Crippen molar-refractivity contribution in [1.29, 1.82) is 0 Å². The fraction of sp³-hybridized carbons (Fsp3) is 0.647. The summed E-state index contributed by atoms with van der Waals surface area (Å²) in [5.41, 5.74) is 1.51. The Bertz CT molecular complexity index is 352. The SMILES string of the molecule is CCSCCCC1CC(c2ccccc2)CCC1Cl. The van der Waals surface area contributed by atoms with Crippen LogP contribution in [0.4, 0.5) is 0 Å². The molecule has 0 nitrogen and oxygen atoms in total. The summed E-state index contributed by atoms with van der Waals surface area (Å²) in [5.74, 6) is 3.99. The fourth-order valence-corrected chi connectivity index (χ4v) is 4.16. The molecule has 0 N–H and O–H groups in total. The summed E-state index contributed by atoms with van der Waals surface area (Å²) in [7, 11) is 0. The number of halogens is 1. The van der Waals surface area contributed by atoms with Gasteiger partial charge in [0.15, 0.2) is 0 Å². The number of hydrogen-bond acceptors (Lipinski definition) is 1. The van der Waals surface area contributed by atoms with Crippen molar-refractivity contribution in [2.75, 3.05) is 11.5 Å². The van der Waals surface area contributed by atoms with Gasteiger partial charge in [-0.1, -0.05) is 37.3 Å². The molecule has 0 spiro atoms. The second-order valence-corrected chi connectivity index (χ2v) is 7.49. The molecule has 19 heavy (non-hydrogen) atoms. The van der Waals surface area contributed by atoms with Gasteiger partial charge in [-0.15, -0.1) is 11.6 Å². The lowest BCUT2D eigenvalue weighted by Gasteiger charge is -2.33. The third-order valence-electron chi connectivity index (χ3n) is 4.23. The molecule has 1 aliphatic rings. The van der Waals surface area contributed by atoms with Crippen molar-refractivity contribution < 1.29 is 0 Å². The zero-order valence-electron chi connectivity index (χ0n) is 11.9. The summed E-state index contributed by atoms with van der Waals surface area (Å²) in [5, 5.41) is 0.409. The van der Waals surface area contributed by atoms with Crippen molar-refractivity contribution >= 4 is 23.4 Å². The van der Waals surface area contributed by atoms with Gasteiger partial charge >= 0.3 is 0 Å². The van der Waals surface area contributed by atoms with Crippen LogP contribution in [0, 0.1) is 5.92 Å². The summed E-state index contributed by atoms with van der Waals surface area (Å²) in [6.45, 7) is 2.24. The third-order valence-corrected chi connectivity index (χ3v) is 5.79. The van der Waals surface area contributed by atoms with Crippen LogP contribution in [-0.4, -0.2) is 16.9 Å². The number of hydrogen-bond donors (Lipinski definition) is 0. The van der Waals surface area contributed by atoms with Crippen molar-refractivity contribution in [3.63, 3.8) is 0 Å². The van der Waals surface area contributed by atoms with E-state index in [1.165, 1.54) is 49.2 Å². The van der Waals surface area contributed by atoms with E-state index in [1.54, 1.807) is 0 Å². The second-order valence-electron chi connectivity index (χ2n) is 5.54. The van der Waals surface area contributed by atoms with Gasteiger partial charge in [-0.3, -0.25) is 0 Å². The average molecular weight is 297 g/mol. The highest BCUT2D eigenvalue weighted by molar-refractivity contribution is 7.99. The predicted molar refractivity (Wildman–Crippen MR) is 88.4 cm³/mol. The number of thioether (sulfide) groups is 1. The van der Waals surface area contributed by atoms with Gasteiger partial charge in [-0.2, -0.15) is 11.8 Å². The van der Waals surface area contributed by atoms with Gasteiger partial charge in [-0.25, -0.2) is 0 Å². The smallest absolute Gasteiger partial charge is 0.0364 e. The monoisotopic (exact) mass is 296 g/mol. The molecule has 106 valence electrons. The number of alkyl halides is 1. The van der Waals surface area contributed by atoms with E-state index >= 15 is 0 Å². The molecule has 0 saturated heterocycles. The van der Waals surface area contributed by atoms with Gasteiger partial charge in [0.25, 0.3) is 0 Å². The molecule has 1 aromatic carbocycles. The first kappa shape index (κ1) is 15.3. The Labute approximate surface area is 127 Å². The standard InChI is InChI=1S/C17H25ClS/c1-2-19-12-6-9-16-13-15(10-11-17(16)18)14-7-4-3-5-8-14/h3-5,7-8,15-17H,2,6,9-13H2,1H3. The van der Waals surface area contributed by atoms with Crippen molar-refractivity contribution in [3.05, 3.63) is 35.9 Å². The Morgan fingerprint density at radius 2 is 2.00 bits per heavy atom. The second kappa shape index (κ2) is 8.21. The summed E-state index contributed by atoms with van der Waals surface area (Å²) < 4.78 is 0. The topological polar surface area (TPSA) is 0 Å². The van der Waals surface area contributed by atoms with E-state index in [2.05, 4.69) is 49.0 Å². The molecular weight excluding hydrogens is 272 g/mol. The Hall–Kier alpha value is -0.140. The van der Waals surface area contributed by atoms with E-state index in [4.69, 9.17) is 11.6 Å². The van der Waals surface area contributed by atoms with E-state index in [9.17, 15) is 0 Å². The average Bonchev–Trinajstić information content (AvgIpc) is 2.46. The van der Waals surface area contributed by atoms with Crippen molar-refractivity contribution in [2.24, 2.45) is 5.92 Å². The lowest BCUT2D eigenvalue weighted by atomic mass is 9.76. The highest BCUT2D eigenvalue weighted by Crippen LogP contribution is 2.40. The fourth-order valence-electron chi connectivity index (χ4n) is 3.15. The molecule has 1 aliphatic carbocycles. The Morgan fingerprint density at radius 1 is 1.21 bits per heavy atom. The summed E-state index contributed by atoms with van der Waals surface area (Å²) in [6.07, 6.45) is 6.37. The zero-order valence-corrected chi connectivity index (χ0v) is 13.4. The van der Waals surface area contributed by atoms with Crippen molar-refractivity contribution in [3.8, 4) is 0 Å². The largest absolute Gasteiger partial charge is 0.162 e. The Morgan fingerprint density at radius 3 is 2.74 bits per heavy atom. The highest BCUT2D eigenvalue weighted by Gasteiger charge is 2.29. The molecular formula is C17H25ClS. The van der Waals surface area contributed by atoms with Crippen LogP contribution in [-0.2, 0) is 0 Å². The maximum absolute atomic E-state index is 6.54. The molecule has 1 fully saturated rings. The van der Waals surface area contributed by atoms with E-state index in [-0.39, 0.29) is 0 Å². The lowest BCUT2D eigenvalue weighted by molar-refractivity contribution is 0.311. The maximum atomic E-state index is 6.54. The number of benzene rings is 1. The molecule has 1 aromatic rings. The zero-order chi connectivity index (χ0) is 13.5. The molecule has 2 rings (SSSR count). The van der Waals surface area contributed by atoms with Crippen LogP contribution in [0.3, 0.4) is 0 Å². The molecule has 0 aromatic heterocycles. The molecule has 0 aliphatic heterocycles. The lowest BCUT2D eigenvalue weighted by Crippen LogP contribution is -2.24. The predicted octanol–water partition coefficient (Wildman–Crippen LogP) is 5.71. The summed E-state index contributed by atoms with van der Waals surface area (Å²) in [4.78, 5) is 0. The molecule has 0 radical (unpaired) electrons. The van der Waals surface area contributed by atoms with Gasteiger partial charge in [0.2, 0.25) is 0 Å². The van der Waals surface area contributed by atoms with Crippen molar-refractivity contribution in [1.82, 2.24) is 0 Å². The van der Waals surface area contributed by atoms with Gasteiger partial charge in [0.1, 0.15) is 0 Å². The van der Waals surface area contributed by atoms with Crippen LogP contribution in [0.2, 0.25) is 0 Å². The van der Waals surface area contributed by atoms with Crippen molar-refractivity contribution in [2.45, 2.75) is 50.3 Å². The minimum Gasteiger partial charge on any atom is -0.162 e. The summed E-state index contributed by atoms with van der Waals surface area (Å²) >= 11 is 8.59. The molecule has 3 atom stereocenters. The van der Waals surface area contributed by atoms with Crippen LogP contribution in [0.1, 0.15) is 50.5 Å². The summed E-state index contributed by atoms with van der Waals surface area (Å²) in [6, 6.07) is 11.0. The Kier molecular flexibility index (Phi) is 6.59. The molecule has 0 bridgehead atoms. The minimum absolute atomic E-state index is 0.409. The first-order chi connectivity index (χ1) is 9.31.